The first-order valence-corrected chi connectivity index (χ1v) is 8.59. The number of rotatable bonds is 5. The van der Waals surface area contributed by atoms with E-state index in [9.17, 15) is 14.4 Å². The smallest absolute Gasteiger partial charge is 0.335 e. The molecule has 0 atom stereocenters. The summed E-state index contributed by atoms with van der Waals surface area (Å²) in [4.78, 5) is 33.5. The number of urea groups is 1. The molecule has 8 heteroatoms. The molecule has 0 spiro atoms. The zero-order valence-corrected chi connectivity index (χ0v) is 15.4. The molecular formula is C18H13IN2O5. The maximum Gasteiger partial charge on any atom is 0.335 e. The predicted octanol–water partition coefficient (Wildman–Crippen LogP) is 2.75. The summed E-state index contributed by atoms with van der Waals surface area (Å²) in [6.45, 7) is 0.300. The highest BCUT2D eigenvalue weighted by Gasteiger charge is 2.22. The van der Waals surface area contributed by atoms with Crippen molar-refractivity contribution in [3.8, 4) is 5.75 Å². The van der Waals surface area contributed by atoms with Crippen molar-refractivity contribution < 1.29 is 24.2 Å². The molecule has 2 aromatic rings. The van der Waals surface area contributed by atoms with E-state index in [1.807, 2.05) is 6.07 Å². The van der Waals surface area contributed by atoms with Crippen LogP contribution in [0.25, 0.3) is 6.08 Å². The van der Waals surface area contributed by atoms with Crippen molar-refractivity contribution in [3.05, 3.63) is 68.4 Å². The maximum absolute atomic E-state index is 11.5. The van der Waals surface area contributed by atoms with E-state index >= 15 is 0 Å². The molecule has 0 aliphatic carbocycles. The standard InChI is InChI=1S/C18H13IN2O5/c19-13-7-11(8-14-16(22)21-18(25)20-14)3-6-15(13)26-9-10-1-4-12(5-2-10)17(23)24/h1-8H,9H2,(H,23,24)(H2,20,21,22,25)/b14-8+. The van der Waals surface area contributed by atoms with Gasteiger partial charge in [-0.2, -0.15) is 0 Å². The van der Waals surface area contributed by atoms with Gasteiger partial charge in [0.15, 0.2) is 0 Å². The Bertz CT molecular complexity index is 922. The number of ether oxygens (including phenoxy) is 1. The number of carboxylic acid groups (broad SMARTS) is 1. The molecule has 3 N–H and O–H groups in total. The van der Waals surface area contributed by atoms with Crippen molar-refractivity contribution in [2.75, 3.05) is 0 Å². The van der Waals surface area contributed by atoms with Crippen molar-refractivity contribution in [1.82, 2.24) is 10.6 Å². The van der Waals surface area contributed by atoms with Crippen LogP contribution in [0.1, 0.15) is 21.5 Å². The number of benzene rings is 2. The Balaban J connectivity index is 1.68. The van der Waals surface area contributed by atoms with Crippen LogP contribution in [0.3, 0.4) is 0 Å². The van der Waals surface area contributed by atoms with E-state index in [4.69, 9.17) is 9.84 Å². The van der Waals surface area contributed by atoms with Crippen LogP contribution in [0.15, 0.2) is 48.2 Å². The first-order chi connectivity index (χ1) is 12.4. The number of nitrogens with one attached hydrogen (secondary N) is 2. The summed E-state index contributed by atoms with van der Waals surface area (Å²) >= 11 is 2.12. The fourth-order valence-corrected chi connectivity index (χ4v) is 2.97. The third-order valence-corrected chi connectivity index (χ3v) is 4.43. The van der Waals surface area contributed by atoms with Gasteiger partial charge in [-0.3, -0.25) is 10.1 Å². The minimum atomic E-state index is -0.969. The van der Waals surface area contributed by atoms with E-state index in [1.165, 1.54) is 12.1 Å². The summed E-state index contributed by atoms with van der Waals surface area (Å²) < 4.78 is 6.60. The van der Waals surface area contributed by atoms with Crippen LogP contribution >= 0.6 is 22.6 Å². The molecule has 0 radical (unpaired) electrons. The second-order valence-electron chi connectivity index (χ2n) is 5.45. The lowest BCUT2D eigenvalue weighted by Gasteiger charge is -2.09. The van der Waals surface area contributed by atoms with Crippen molar-refractivity contribution in [2.24, 2.45) is 0 Å². The second kappa shape index (κ2) is 7.56. The molecule has 3 rings (SSSR count). The van der Waals surface area contributed by atoms with E-state index < -0.39 is 17.9 Å². The van der Waals surface area contributed by atoms with Crippen LogP contribution in [-0.2, 0) is 11.4 Å². The highest BCUT2D eigenvalue weighted by Crippen LogP contribution is 2.24. The largest absolute Gasteiger partial charge is 0.488 e. The fourth-order valence-electron chi connectivity index (χ4n) is 2.28. The van der Waals surface area contributed by atoms with Gasteiger partial charge in [0, 0.05) is 0 Å². The molecule has 26 heavy (non-hydrogen) atoms. The summed E-state index contributed by atoms with van der Waals surface area (Å²) in [6.07, 6.45) is 1.58. The summed E-state index contributed by atoms with van der Waals surface area (Å²) in [5.74, 6) is -0.769. The van der Waals surface area contributed by atoms with Crippen molar-refractivity contribution >= 4 is 46.6 Å². The molecular weight excluding hydrogens is 451 g/mol. The van der Waals surface area contributed by atoms with E-state index in [0.29, 0.717) is 12.4 Å². The quantitative estimate of drug-likeness (QED) is 0.359. The minimum absolute atomic E-state index is 0.193. The molecule has 1 aliphatic heterocycles. The topological polar surface area (TPSA) is 105 Å². The molecule has 1 fully saturated rings. The molecule has 0 unspecified atom stereocenters. The Hall–Kier alpha value is -2.88. The summed E-state index contributed by atoms with van der Waals surface area (Å²) in [5.41, 5.74) is 2.02. The average Bonchev–Trinajstić information content (AvgIpc) is 2.91. The zero-order valence-electron chi connectivity index (χ0n) is 13.3. The molecule has 1 saturated heterocycles. The van der Waals surface area contributed by atoms with Crippen LogP contribution in [0.5, 0.6) is 5.75 Å². The van der Waals surface area contributed by atoms with Gasteiger partial charge in [0.2, 0.25) is 0 Å². The molecule has 1 aliphatic rings. The van der Waals surface area contributed by atoms with E-state index in [2.05, 4.69) is 33.2 Å². The monoisotopic (exact) mass is 464 g/mol. The van der Waals surface area contributed by atoms with Gasteiger partial charge >= 0.3 is 12.0 Å². The summed E-state index contributed by atoms with van der Waals surface area (Å²) in [6, 6.07) is 11.3. The number of aromatic carboxylic acids is 1. The van der Waals surface area contributed by atoms with Crippen LogP contribution in [0, 0.1) is 3.57 Å². The number of carbonyl (C=O) groups excluding carboxylic acids is 2. The van der Waals surface area contributed by atoms with Gasteiger partial charge in [-0.1, -0.05) is 18.2 Å². The number of amides is 3. The molecule has 132 valence electrons. The third-order valence-electron chi connectivity index (χ3n) is 3.58. The van der Waals surface area contributed by atoms with Gasteiger partial charge in [0.25, 0.3) is 5.91 Å². The van der Waals surface area contributed by atoms with Crippen LogP contribution in [-0.4, -0.2) is 23.0 Å². The molecule has 1 heterocycles. The van der Waals surface area contributed by atoms with Crippen LogP contribution < -0.4 is 15.4 Å². The van der Waals surface area contributed by atoms with Crippen LogP contribution in [0.2, 0.25) is 0 Å². The molecule has 2 aromatic carbocycles. The van der Waals surface area contributed by atoms with Gasteiger partial charge in [-0.15, -0.1) is 0 Å². The Morgan fingerprint density at radius 3 is 2.42 bits per heavy atom. The average molecular weight is 464 g/mol. The number of halogens is 1. The van der Waals surface area contributed by atoms with Gasteiger partial charge in [0.1, 0.15) is 18.1 Å². The number of carbonyl (C=O) groups is 3. The number of imide groups is 1. The Morgan fingerprint density at radius 1 is 1.12 bits per heavy atom. The lowest BCUT2D eigenvalue weighted by Crippen LogP contribution is -2.22. The molecule has 0 saturated carbocycles. The SMILES string of the molecule is O=C1NC(=O)/C(=C\c2ccc(OCc3ccc(C(=O)O)cc3)c(I)c2)N1. The number of hydrogen-bond donors (Lipinski definition) is 3. The number of hydrogen-bond acceptors (Lipinski definition) is 4. The highest BCUT2D eigenvalue weighted by atomic mass is 127. The summed E-state index contributed by atoms with van der Waals surface area (Å²) in [5, 5.41) is 13.5. The fraction of sp³-hybridized carbons (Fsp3) is 0.0556. The highest BCUT2D eigenvalue weighted by molar-refractivity contribution is 14.1. The van der Waals surface area contributed by atoms with Gasteiger partial charge in [0.05, 0.1) is 9.13 Å². The Labute approximate surface area is 162 Å². The predicted molar refractivity (Wildman–Crippen MR) is 102 cm³/mol. The van der Waals surface area contributed by atoms with E-state index in [0.717, 1.165) is 14.7 Å². The Morgan fingerprint density at radius 2 is 1.85 bits per heavy atom. The first kappa shape index (κ1) is 17.9. The van der Waals surface area contributed by atoms with Crippen molar-refractivity contribution in [3.63, 3.8) is 0 Å². The van der Waals surface area contributed by atoms with E-state index in [1.54, 1.807) is 30.3 Å². The molecule has 3 amide bonds. The summed E-state index contributed by atoms with van der Waals surface area (Å²) in [7, 11) is 0. The lowest BCUT2D eigenvalue weighted by molar-refractivity contribution is -0.115. The number of carboxylic acids is 1. The maximum atomic E-state index is 11.5. The van der Waals surface area contributed by atoms with Crippen molar-refractivity contribution in [1.29, 1.82) is 0 Å². The van der Waals surface area contributed by atoms with Gasteiger partial charge in [-0.25, -0.2) is 9.59 Å². The first-order valence-electron chi connectivity index (χ1n) is 7.51. The second-order valence-corrected chi connectivity index (χ2v) is 6.61. The van der Waals surface area contributed by atoms with Gasteiger partial charge < -0.3 is 15.2 Å². The van der Waals surface area contributed by atoms with Crippen LogP contribution in [0.4, 0.5) is 4.79 Å². The third kappa shape index (κ3) is 4.20. The van der Waals surface area contributed by atoms with Crippen molar-refractivity contribution in [2.45, 2.75) is 6.61 Å². The zero-order chi connectivity index (χ0) is 18.7. The normalized spacial score (nSPS) is 14.9. The lowest BCUT2D eigenvalue weighted by atomic mass is 10.1. The van der Waals surface area contributed by atoms with E-state index in [-0.39, 0.29) is 11.3 Å². The molecule has 7 nitrogen and oxygen atoms in total. The molecule has 0 bridgehead atoms. The minimum Gasteiger partial charge on any atom is -0.488 e. The Kier molecular flexibility index (Phi) is 5.21. The van der Waals surface area contributed by atoms with Gasteiger partial charge in [-0.05, 0) is 64.1 Å². The molecule has 0 aromatic heterocycles.